The zero-order valence-electron chi connectivity index (χ0n) is 65.8. The highest BCUT2D eigenvalue weighted by molar-refractivity contribution is 7.80. The maximum absolute atomic E-state index is 15.2. The van der Waals surface area contributed by atoms with Crippen LogP contribution in [-0.2, 0) is 83.9 Å². The molecular weight excluding hydrogens is 1580 g/mol. The number of phenols is 2. The van der Waals surface area contributed by atoms with Crippen LogP contribution in [0.1, 0.15) is 167 Å². The summed E-state index contributed by atoms with van der Waals surface area (Å²) in [6, 6.07) is 14.5. The number of aromatic hydroxyl groups is 2. The number of rotatable bonds is 33. The van der Waals surface area contributed by atoms with Crippen molar-refractivity contribution in [3.05, 3.63) is 136 Å². The first-order valence-corrected chi connectivity index (χ1v) is 40.3. The van der Waals surface area contributed by atoms with Crippen LogP contribution in [0.25, 0.3) is 11.1 Å². The van der Waals surface area contributed by atoms with Crippen molar-refractivity contribution < 1.29 is 112 Å². The van der Waals surface area contributed by atoms with Crippen molar-refractivity contribution in [3.63, 3.8) is 0 Å². The summed E-state index contributed by atoms with van der Waals surface area (Å²) in [6.07, 6.45) is -1.36. The molecule has 15 N–H and O–H groups in total. The molecule has 0 saturated carbocycles. The number of likely N-dealkylation sites (tertiary alicyclic amines) is 4. The number of oxime groups is 1. The molecular formula is C83H95N13O23S. The number of hydrogen-bond donors (Lipinski definition) is 14. The van der Waals surface area contributed by atoms with Gasteiger partial charge in [-0.3, -0.25) is 62.3 Å². The molecule has 5 aromatic rings. The number of benzene rings is 5. The number of amides is 10. The van der Waals surface area contributed by atoms with Crippen LogP contribution in [0.3, 0.4) is 0 Å². The molecule has 1 spiro atoms. The van der Waals surface area contributed by atoms with Crippen LogP contribution in [0.5, 0.6) is 23.0 Å². The summed E-state index contributed by atoms with van der Waals surface area (Å²) in [4.78, 5) is 202. The molecule has 11 atom stereocenters. The van der Waals surface area contributed by atoms with E-state index in [4.69, 9.17) is 32.3 Å². The van der Waals surface area contributed by atoms with Gasteiger partial charge in [-0.05, 0) is 186 Å². The minimum atomic E-state index is -1.77. The second kappa shape index (κ2) is 37.9. The zero-order valence-corrected chi connectivity index (χ0v) is 66.6. The Morgan fingerprint density at radius 3 is 1.87 bits per heavy atom. The number of carboxylic acids is 3. The molecule has 0 radical (unpaired) electrons. The Bertz CT molecular complexity index is 4870. The summed E-state index contributed by atoms with van der Waals surface area (Å²) in [5, 5.41) is 83.7. The third-order valence-electron chi connectivity index (χ3n) is 22.6. The Hall–Kier alpha value is -12.8. The molecule has 1 aliphatic carbocycles. The summed E-state index contributed by atoms with van der Waals surface area (Å²) in [6.45, 7) is 2.66. The van der Waals surface area contributed by atoms with E-state index in [0.29, 0.717) is 73.0 Å². The first-order valence-electron chi connectivity index (χ1n) is 39.9. The van der Waals surface area contributed by atoms with Crippen LogP contribution in [-0.4, -0.2) is 244 Å². The third kappa shape index (κ3) is 19.6. The van der Waals surface area contributed by atoms with Crippen molar-refractivity contribution in [3.8, 4) is 34.1 Å². The number of carbonyl (C=O) groups excluding carboxylic acids is 11. The molecule has 5 aromatic carbocycles. The fraction of sp³-hybridized carbons (Fsp3) is 0.446. The Morgan fingerprint density at radius 2 is 1.19 bits per heavy atom. The number of nitrogens with two attached hydrogens (primary N) is 1. The summed E-state index contributed by atoms with van der Waals surface area (Å²) < 4.78 is 12.2. The van der Waals surface area contributed by atoms with Crippen LogP contribution in [0.15, 0.2) is 102 Å². The molecule has 36 nitrogen and oxygen atoms in total. The van der Waals surface area contributed by atoms with Crippen molar-refractivity contribution in [2.45, 2.75) is 202 Å². The molecule has 0 aromatic heterocycles. The van der Waals surface area contributed by atoms with Crippen molar-refractivity contribution in [2.75, 3.05) is 38.0 Å². The van der Waals surface area contributed by atoms with E-state index in [0.717, 1.165) is 32.1 Å². The number of ether oxygens (including phenoxy) is 2. The highest BCUT2D eigenvalue weighted by Gasteiger charge is 2.55. The topological polar surface area (TPSA) is 524 Å². The Kier molecular flexibility index (Phi) is 27.3. The quantitative estimate of drug-likeness (QED) is 0.00925. The number of esters is 1. The number of aliphatic carboxylic acids is 3. The maximum atomic E-state index is 15.2. The lowest BCUT2D eigenvalue weighted by atomic mass is 9.77. The van der Waals surface area contributed by atoms with E-state index in [2.05, 4.69) is 42.4 Å². The van der Waals surface area contributed by atoms with Gasteiger partial charge in [0.05, 0.1) is 24.4 Å². The predicted molar refractivity (Wildman–Crippen MR) is 429 cm³/mol. The lowest BCUT2D eigenvalue weighted by molar-refractivity contribution is -0.151. The first-order chi connectivity index (χ1) is 57.4. The molecule has 6 heterocycles. The van der Waals surface area contributed by atoms with Gasteiger partial charge >= 0.3 is 23.9 Å². The molecule has 37 heteroatoms. The van der Waals surface area contributed by atoms with E-state index in [1.165, 1.54) is 54.1 Å². The Labute approximate surface area is 693 Å². The Balaban J connectivity index is 0.649. The van der Waals surface area contributed by atoms with Gasteiger partial charge in [0.25, 0.3) is 0 Å². The smallest absolute Gasteiger partial charge is 0.340 e. The van der Waals surface area contributed by atoms with Crippen molar-refractivity contribution >= 4 is 112 Å². The fourth-order valence-corrected chi connectivity index (χ4v) is 16.9. The number of unbranched alkanes of at least 4 members (excludes halogenated alkanes) is 1. The monoisotopic (exact) mass is 1670 g/mol. The minimum Gasteiger partial charge on any atom is -0.508 e. The van der Waals surface area contributed by atoms with Gasteiger partial charge in [-0.1, -0.05) is 41.6 Å². The second-order valence-corrected chi connectivity index (χ2v) is 31.3. The molecule has 4 fully saturated rings. The van der Waals surface area contributed by atoms with Crippen molar-refractivity contribution in [1.82, 2.24) is 51.5 Å². The predicted octanol–water partition coefficient (Wildman–Crippen LogP) is 2.98. The largest absolute Gasteiger partial charge is 0.508 e. The number of phenolic OH excluding ortho intramolecular Hbond substituents is 2. The SMILES string of the molecule is C[C@H](NC(=O)[C@@H](NC(=O)[C@@H]1CCCN1C(=O)[C@H](CCC(=O)O)NC(=O)[C@@H]1CCCN1C(=O)CCCCNC(=S)Nc1ccc2c(c1)C1(OC2=O)c2ccc(O)cc2Oc2cc(O)ccc21)[C@@H](C)O)C(=O)N1CCCCC1C(=O)N1C[C@H](O/N=C\c2ccc3c(c2)Cc2ccccc2-3)C[C@H]1C(=O)N[C@@H](CCC(=O)O)C(=O)N[C@@H](CCC(=O)O)C(N)=O. The van der Waals surface area contributed by atoms with Gasteiger partial charge in [0.2, 0.25) is 59.1 Å². The normalized spacial score (nSPS) is 19.9. The number of thiocarbonyl (C=S) groups is 1. The second-order valence-electron chi connectivity index (χ2n) is 30.9. The van der Waals surface area contributed by atoms with Crippen LogP contribution in [0, 0.1) is 0 Å². The third-order valence-corrected chi connectivity index (χ3v) is 22.9. The lowest BCUT2D eigenvalue weighted by Gasteiger charge is -2.39. The number of nitrogens with zero attached hydrogens (tertiary/aromatic N) is 5. The lowest BCUT2D eigenvalue weighted by Crippen LogP contribution is -2.62. The van der Waals surface area contributed by atoms with E-state index in [1.807, 2.05) is 42.5 Å². The van der Waals surface area contributed by atoms with Gasteiger partial charge < -0.3 is 108 Å². The van der Waals surface area contributed by atoms with E-state index in [9.17, 15) is 93.0 Å². The Morgan fingerprint density at radius 1 is 0.600 bits per heavy atom. The van der Waals surface area contributed by atoms with Gasteiger partial charge in [0.15, 0.2) is 10.7 Å². The molecule has 0 bridgehead atoms. The number of fused-ring (bicyclic) bond motifs is 9. The van der Waals surface area contributed by atoms with Gasteiger partial charge in [-0.15, -0.1) is 0 Å². The number of aliphatic hydroxyl groups is 1. The molecule has 12 rings (SSSR count). The summed E-state index contributed by atoms with van der Waals surface area (Å²) >= 11 is 5.64. The highest BCUT2D eigenvalue weighted by atomic mass is 32.1. The van der Waals surface area contributed by atoms with Crippen molar-refractivity contribution in [1.29, 1.82) is 0 Å². The fourth-order valence-electron chi connectivity index (χ4n) is 16.7. The van der Waals surface area contributed by atoms with E-state index in [1.54, 1.807) is 30.3 Å². The van der Waals surface area contributed by atoms with Gasteiger partial charge in [0, 0.05) is 92.8 Å². The standard InChI is InChI=1S/C83H95N13O23S/c1-43(78(113)95-32-8-6-13-63(95)80(115)96-42-51(119-86-41-45-17-21-53-47(35-45)36-46-11-3-4-12-52(46)53)40-64(96)76(111)90-59(26-29-69(103)104)73(108)89-58(72(84)107)25-28-68(101)102)87-77(112)71(44(2)97)92-75(110)62-15-10-34-94(62)79(114)60(27-30-70(105)106)91-74(109)61-14-9-33-93(61)67(100)16-5-7-31-85-82(120)88-48-18-22-54-57(37-48)83(118-81(54)116)55-23-19-49(98)38-65(55)117-66-39-50(99)20-24-56(66)83/h3-4,11-12,17-24,35,37-39,41,43-44,51,58-64,71,97-99H,5-10,13-16,25-34,36,40,42H2,1-2H3,(H2,84,107)(H,87,112)(H,89,108)(H,90,111)(H,91,109)(H,92,110)(H,101,102)(H,103,104)(H,105,106)(H2,85,88,120)/b86-41-/t43-,44+,51+,58-,59-,60-,61-,62-,63?,64-,71-/m0/s1. The summed E-state index contributed by atoms with van der Waals surface area (Å²) in [5.41, 5.74) is 11.1. The minimum absolute atomic E-state index is 0.0215. The van der Waals surface area contributed by atoms with E-state index in [-0.39, 0.29) is 104 Å². The number of anilines is 1. The zero-order chi connectivity index (χ0) is 86.0. The highest BCUT2D eigenvalue weighted by Crippen LogP contribution is 2.57. The van der Waals surface area contributed by atoms with Crippen LogP contribution in [0.2, 0.25) is 0 Å². The van der Waals surface area contributed by atoms with E-state index < -0.39 is 188 Å². The molecule has 636 valence electrons. The first kappa shape index (κ1) is 86.5. The number of primary amides is 1. The molecule has 10 amide bonds. The van der Waals surface area contributed by atoms with Gasteiger partial charge in [-0.2, -0.15) is 0 Å². The summed E-state index contributed by atoms with van der Waals surface area (Å²) in [7, 11) is 0. The van der Waals surface area contributed by atoms with Crippen LogP contribution in [0.4, 0.5) is 5.69 Å². The molecule has 6 aliphatic heterocycles. The number of carbonyl (C=O) groups is 14. The maximum Gasteiger partial charge on any atom is 0.340 e. The average Bonchev–Trinajstić information content (AvgIpc) is 1.50. The van der Waals surface area contributed by atoms with Gasteiger partial charge in [0.1, 0.15) is 83.5 Å². The molecule has 1 unspecified atom stereocenters. The van der Waals surface area contributed by atoms with Crippen molar-refractivity contribution in [2.24, 2.45) is 10.9 Å². The number of hydrogen-bond acceptors (Lipinski definition) is 22. The molecule has 7 aliphatic rings. The molecule has 4 saturated heterocycles. The number of nitrogens with one attached hydrogen (secondary N) is 7. The van der Waals surface area contributed by atoms with Gasteiger partial charge in [-0.25, -0.2) is 4.79 Å². The van der Waals surface area contributed by atoms with Crippen LogP contribution < -0.4 is 47.7 Å². The average molecular weight is 1670 g/mol. The van der Waals surface area contributed by atoms with E-state index >= 15 is 4.79 Å². The number of piperidine rings is 1. The van der Waals surface area contributed by atoms with Crippen LogP contribution >= 0.6 is 12.2 Å². The summed E-state index contributed by atoms with van der Waals surface area (Å²) in [5.74, 6) is -12.9. The molecule has 120 heavy (non-hydrogen) atoms. The number of carboxylic acid groups (broad SMARTS) is 3. The number of aliphatic hydroxyl groups excluding tert-OH is 1.